The van der Waals surface area contributed by atoms with Gasteiger partial charge in [-0.3, -0.25) is 0 Å². The van der Waals surface area contributed by atoms with E-state index in [1.54, 1.807) is 0 Å². The van der Waals surface area contributed by atoms with Gasteiger partial charge in [-0.05, 0) is 37.3 Å². The highest BCUT2D eigenvalue weighted by molar-refractivity contribution is 5.56. The summed E-state index contributed by atoms with van der Waals surface area (Å²) >= 11 is 0. The van der Waals surface area contributed by atoms with Crippen LogP contribution in [-0.2, 0) is 19.3 Å². The average molecular weight is 282 g/mol. The van der Waals surface area contributed by atoms with Crippen molar-refractivity contribution < 1.29 is 0 Å². The highest BCUT2D eigenvalue weighted by Crippen LogP contribution is 2.26. The van der Waals surface area contributed by atoms with Gasteiger partial charge in [0.15, 0.2) is 0 Å². The summed E-state index contributed by atoms with van der Waals surface area (Å²) in [5.74, 6) is 2.31. The summed E-state index contributed by atoms with van der Waals surface area (Å²) in [6, 6.07) is 9.02. The zero-order valence-electron chi connectivity index (χ0n) is 12.7. The van der Waals surface area contributed by atoms with Gasteiger partial charge in [0.05, 0.1) is 0 Å². The lowest BCUT2D eigenvalue weighted by Gasteiger charge is -2.16. The predicted octanol–water partition coefficient (Wildman–Crippen LogP) is 2.90. The maximum Gasteiger partial charge on any atom is 0.135 e. The molecule has 0 saturated carbocycles. The first-order valence-corrected chi connectivity index (χ1v) is 7.63. The molecule has 21 heavy (non-hydrogen) atoms. The Morgan fingerprint density at radius 2 is 1.86 bits per heavy atom. The van der Waals surface area contributed by atoms with E-state index in [-0.39, 0.29) is 0 Å². The van der Waals surface area contributed by atoms with Crippen molar-refractivity contribution in [2.45, 2.75) is 45.6 Å². The first kappa shape index (κ1) is 13.9. The molecule has 3 rings (SSSR count). The van der Waals surface area contributed by atoms with Crippen LogP contribution in [0.1, 0.15) is 35.9 Å². The Morgan fingerprint density at radius 1 is 1.19 bits per heavy atom. The monoisotopic (exact) mass is 282 g/mol. The highest BCUT2D eigenvalue weighted by atomic mass is 15.1. The summed E-state index contributed by atoms with van der Waals surface area (Å²) in [5, 5.41) is 3.56. The number of nitrogens with zero attached hydrogens (tertiary/aromatic N) is 2. The van der Waals surface area contributed by atoms with Crippen molar-refractivity contribution in [2.24, 2.45) is 0 Å². The van der Waals surface area contributed by atoms with Crippen molar-refractivity contribution in [3.8, 4) is 0 Å². The molecule has 0 aliphatic heterocycles. The molecule has 4 heteroatoms. The van der Waals surface area contributed by atoms with Crippen LogP contribution in [0.15, 0.2) is 24.3 Å². The molecule has 0 unspecified atom stereocenters. The van der Waals surface area contributed by atoms with Gasteiger partial charge >= 0.3 is 0 Å². The molecule has 0 saturated heterocycles. The van der Waals surface area contributed by atoms with Crippen LogP contribution in [0.2, 0.25) is 0 Å². The van der Waals surface area contributed by atoms with Gasteiger partial charge in [0.25, 0.3) is 0 Å². The minimum absolute atomic E-state index is 0.393. The maximum absolute atomic E-state index is 6.02. The Labute approximate surface area is 125 Å². The van der Waals surface area contributed by atoms with Gasteiger partial charge in [0.2, 0.25) is 0 Å². The minimum atomic E-state index is 0.393. The maximum atomic E-state index is 6.02. The second-order valence-electron chi connectivity index (χ2n) is 5.77. The highest BCUT2D eigenvalue weighted by Gasteiger charge is 2.22. The van der Waals surface area contributed by atoms with E-state index < -0.39 is 0 Å². The molecule has 0 fully saturated rings. The van der Waals surface area contributed by atoms with Crippen LogP contribution >= 0.6 is 0 Å². The van der Waals surface area contributed by atoms with Gasteiger partial charge in [0.1, 0.15) is 17.5 Å². The third-order valence-electron chi connectivity index (χ3n) is 4.10. The van der Waals surface area contributed by atoms with Crippen molar-refractivity contribution in [3.05, 3.63) is 46.8 Å². The first-order valence-electron chi connectivity index (χ1n) is 7.63. The van der Waals surface area contributed by atoms with Gasteiger partial charge in [-0.25, -0.2) is 9.97 Å². The van der Waals surface area contributed by atoms with Crippen LogP contribution in [0.5, 0.6) is 0 Å². The molecular weight excluding hydrogens is 260 g/mol. The van der Waals surface area contributed by atoms with Crippen LogP contribution in [0.4, 0.5) is 11.6 Å². The fourth-order valence-electron chi connectivity index (χ4n) is 2.91. The van der Waals surface area contributed by atoms with Gasteiger partial charge in [-0.1, -0.05) is 31.2 Å². The van der Waals surface area contributed by atoms with Gasteiger partial charge in [-0.15, -0.1) is 0 Å². The Morgan fingerprint density at radius 3 is 2.48 bits per heavy atom. The van der Waals surface area contributed by atoms with Crippen LogP contribution in [-0.4, -0.2) is 16.0 Å². The number of fused-ring (bicyclic) bond motifs is 1. The van der Waals surface area contributed by atoms with Crippen LogP contribution < -0.4 is 11.1 Å². The van der Waals surface area contributed by atoms with Crippen molar-refractivity contribution in [2.75, 3.05) is 11.1 Å². The molecule has 0 radical (unpaired) electrons. The lowest BCUT2D eigenvalue weighted by Crippen LogP contribution is -2.22. The quantitative estimate of drug-likeness (QED) is 0.905. The van der Waals surface area contributed by atoms with E-state index in [1.165, 1.54) is 11.1 Å². The standard InChI is InChI=1S/C17H22N4/c1-3-6-15-20-16(18)11(2)17(21-15)19-14-9-12-7-4-5-8-13(12)10-14/h4-5,7-8,14H,3,6,9-10H2,1-2H3,(H3,18,19,20,21). The van der Waals surface area contributed by atoms with Crippen LogP contribution in [0.3, 0.4) is 0 Å². The average Bonchev–Trinajstić information content (AvgIpc) is 2.87. The molecule has 4 nitrogen and oxygen atoms in total. The zero-order chi connectivity index (χ0) is 14.8. The smallest absolute Gasteiger partial charge is 0.135 e. The van der Waals surface area contributed by atoms with Crippen LogP contribution in [0, 0.1) is 6.92 Å². The SMILES string of the molecule is CCCc1nc(N)c(C)c(NC2Cc3ccccc3C2)n1. The van der Waals surface area contributed by atoms with Gasteiger partial charge in [0, 0.05) is 18.0 Å². The molecule has 3 N–H and O–H groups in total. The van der Waals surface area contributed by atoms with Crippen molar-refractivity contribution in [3.63, 3.8) is 0 Å². The number of hydrogen-bond donors (Lipinski definition) is 2. The fourth-order valence-corrected chi connectivity index (χ4v) is 2.91. The number of benzene rings is 1. The fraction of sp³-hybridized carbons (Fsp3) is 0.412. The molecule has 0 atom stereocenters. The van der Waals surface area contributed by atoms with Crippen molar-refractivity contribution in [1.29, 1.82) is 0 Å². The molecule has 1 aliphatic rings. The number of nitrogens with two attached hydrogens (primary N) is 1. The normalized spacial score (nSPS) is 14.2. The van der Waals surface area contributed by atoms with E-state index in [9.17, 15) is 0 Å². The number of aryl methyl sites for hydroxylation is 1. The summed E-state index contributed by atoms with van der Waals surface area (Å²) in [6.07, 6.45) is 3.98. The molecule has 2 aromatic rings. The first-order chi connectivity index (χ1) is 10.2. The summed E-state index contributed by atoms with van der Waals surface area (Å²) in [7, 11) is 0. The molecule has 1 aliphatic carbocycles. The Bertz CT molecular complexity index is 626. The van der Waals surface area contributed by atoms with Gasteiger partial charge < -0.3 is 11.1 Å². The van der Waals surface area contributed by atoms with Gasteiger partial charge in [-0.2, -0.15) is 0 Å². The second-order valence-corrected chi connectivity index (χ2v) is 5.77. The lowest BCUT2D eigenvalue weighted by molar-refractivity contribution is 0.758. The topological polar surface area (TPSA) is 63.8 Å². The van der Waals surface area contributed by atoms with E-state index in [1.807, 2.05) is 6.92 Å². The summed E-state index contributed by atoms with van der Waals surface area (Å²) < 4.78 is 0. The van der Waals surface area contributed by atoms with Crippen LogP contribution in [0.25, 0.3) is 0 Å². The number of rotatable bonds is 4. The van der Waals surface area contributed by atoms with Crippen molar-refractivity contribution in [1.82, 2.24) is 9.97 Å². The number of anilines is 2. The Kier molecular flexibility index (Phi) is 3.78. The third-order valence-corrected chi connectivity index (χ3v) is 4.10. The predicted molar refractivity (Wildman–Crippen MR) is 86.4 cm³/mol. The number of hydrogen-bond acceptors (Lipinski definition) is 4. The largest absolute Gasteiger partial charge is 0.383 e. The molecular formula is C17H22N4. The second kappa shape index (κ2) is 5.72. The van der Waals surface area contributed by atoms with E-state index in [4.69, 9.17) is 5.73 Å². The minimum Gasteiger partial charge on any atom is -0.383 e. The van der Waals surface area contributed by atoms with E-state index in [0.717, 1.165) is 42.9 Å². The summed E-state index contributed by atoms with van der Waals surface area (Å²) in [5.41, 5.74) is 9.84. The van der Waals surface area contributed by atoms with E-state index >= 15 is 0 Å². The molecule has 1 heterocycles. The van der Waals surface area contributed by atoms with E-state index in [2.05, 4.69) is 46.5 Å². The number of nitrogens with one attached hydrogen (secondary N) is 1. The molecule has 0 amide bonds. The molecule has 1 aromatic carbocycles. The zero-order valence-corrected chi connectivity index (χ0v) is 12.7. The number of nitrogen functional groups attached to an aromatic ring is 1. The third kappa shape index (κ3) is 2.84. The molecule has 0 bridgehead atoms. The summed E-state index contributed by atoms with van der Waals surface area (Å²) in [4.78, 5) is 9.01. The van der Waals surface area contributed by atoms with E-state index in [0.29, 0.717) is 11.9 Å². The lowest BCUT2D eigenvalue weighted by atomic mass is 10.1. The number of aromatic nitrogens is 2. The molecule has 110 valence electrons. The van der Waals surface area contributed by atoms with Crippen molar-refractivity contribution >= 4 is 11.6 Å². The Balaban J connectivity index is 1.80. The summed E-state index contributed by atoms with van der Waals surface area (Å²) in [6.45, 7) is 4.11. The Hall–Kier alpha value is -2.10. The molecule has 0 spiro atoms. The molecule has 1 aromatic heterocycles.